The van der Waals surface area contributed by atoms with Gasteiger partial charge < -0.3 is 4.74 Å². The molecule has 0 aliphatic heterocycles. The summed E-state index contributed by atoms with van der Waals surface area (Å²) in [5.74, 6) is -1.56. The summed E-state index contributed by atoms with van der Waals surface area (Å²) in [5.41, 5.74) is 1.83. The molecule has 10 heteroatoms. The van der Waals surface area contributed by atoms with E-state index >= 15 is 0 Å². The third-order valence-corrected chi connectivity index (χ3v) is 6.60. The Bertz CT molecular complexity index is 1270. The molecule has 0 spiro atoms. The number of nitrogens with zero attached hydrogens (tertiary/aromatic N) is 2. The first-order valence-corrected chi connectivity index (χ1v) is 12.9. The third kappa shape index (κ3) is 6.45. The van der Waals surface area contributed by atoms with E-state index in [1.54, 1.807) is 44.2 Å². The van der Waals surface area contributed by atoms with Crippen LogP contribution < -0.4 is 4.90 Å². The summed E-state index contributed by atoms with van der Waals surface area (Å²) >= 11 is 1.02. The van der Waals surface area contributed by atoms with Crippen molar-refractivity contribution in [2.75, 3.05) is 17.8 Å². The highest BCUT2D eigenvalue weighted by molar-refractivity contribution is 7.89. The Balaban J connectivity index is 2.01. The Kier molecular flexibility index (Phi) is 7.60. The molecular formula is C23H23FN2O5S2. The highest BCUT2D eigenvalue weighted by atomic mass is 32.2. The van der Waals surface area contributed by atoms with Gasteiger partial charge in [-0.3, -0.25) is 9.69 Å². The number of thiazole rings is 1. The second kappa shape index (κ2) is 10.2. The van der Waals surface area contributed by atoms with Gasteiger partial charge in [-0.25, -0.2) is 22.6 Å². The maximum absolute atomic E-state index is 13.5. The normalized spacial score (nSPS) is 11.3. The number of anilines is 1. The summed E-state index contributed by atoms with van der Waals surface area (Å²) < 4.78 is 41.8. The molecule has 0 bridgehead atoms. The molecule has 2 aromatic carbocycles. The molecule has 33 heavy (non-hydrogen) atoms. The van der Waals surface area contributed by atoms with E-state index < -0.39 is 27.5 Å². The monoisotopic (exact) mass is 490 g/mol. The quantitative estimate of drug-likeness (QED) is 0.440. The van der Waals surface area contributed by atoms with Crippen molar-refractivity contribution in [2.24, 2.45) is 0 Å². The Morgan fingerprint density at radius 2 is 1.82 bits per heavy atom. The number of sulfone groups is 1. The molecule has 0 N–H and O–H groups in total. The predicted molar refractivity (Wildman–Crippen MR) is 125 cm³/mol. The van der Waals surface area contributed by atoms with Crippen LogP contribution in [0.15, 0.2) is 48.5 Å². The minimum Gasteiger partial charge on any atom is -0.462 e. The molecular weight excluding hydrogens is 467 g/mol. The van der Waals surface area contributed by atoms with Crippen LogP contribution in [0.2, 0.25) is 0 Å². The van der Waals surface area contributed by atoms with Gasteiger partial charge in [0.2, 0.25) is 0 Å². The molecule has 1 heterocycles. The lowest BCUT2D eigenvalue weighted by molar-refractivity contribution is 0.0531. The van der Waals surface area contributed by atoms with Crippen LogP contribution in [-0.4, -0.2) is 38.1 Å². The molecule has 3 aromatic rings. The van der Waals surface area contributed by atoms with Gasteiger partial charge in [-0.1, -0.05) is 35.6 Å². The number of amides is 1. The smallest absolute Gasteiger partial charge is 0.350 e. The number of hydrogen-bond acceptors (Lipinski definition) is 7. The van der Waals surface area contributed by atoms with Crippen LogP contribution in [0, 0.1) is 12.7 Å². The minimum atomic E-state index is -3.28. The van der Waals surface area contributed by atoms with E-state index in [1.165, 1.54) is 23.1 Å². The molecule has 0 aliphatic rings. The number of ether oxygens (including phenoxy) is 1. The zero-order chi connectivity index (χ0) is 24.2. The number of carbonyl (C=O) groups is 2. The summed E-state index contributed by atoms with van der Waals surface area (Å²) in [6, 6.07) is 12.1. The number of benzene rings is 2. The first kappa shape index (κ1) is 24.5. The number of hydrogen-bond donors (Lipinski definition) is 0. The highest BCUT2D eigenvalue weighted by Gasteiger charge is 2.25. The van der Waals surface area contributed by atoms with Crippen LogP contribution in [0.25, 0.3) is 0 Å². The number of halogens is 1. The van der Waals surface area contributed by atoms with Gasteiger partial charge in [0.05, 0.1) is 24.6 Å². The lowest BCUT2D eigenvalue weighted by atomic mass is 10.1. The maximum Gasteiger partial charge on any atom is 0.350 e. The van der Waals surface area contributed by atoms with Crippen molar-refractivity contribution in [1.29, 1.82) is 0 Å². The second-order valence-corrected chi connectivity index (χ2v) is 10.5. The van der Waals surface area contributed by atoms with Crippen LogP contribution in [0.3, 0.4) is 0 Å². The fourth-order valence-electron chi connectivity index (χ4n) is 3.14. The average molecular weight is 491 g/mol. The van der Waals surface area contributed by atoms with Gasteiger partial charge in [-0.15, -0.1) is 0 Å². The van der Waals surface area contributed by atoms with Crippen molar-refractivity contribution >= 4 is 38.2 Å². The molecule has 1 aromatic heterocycles. The fourth-order valence-corrected chi connectivity index (χ4v) is 4.88. The first-order valence-electron chi connectivity index (χ1n) is 10.0. The van der Waals surface area contributed by atoms with Gasteiger partial charge in [0.15, 0.2) is 15.0 Å². The average Bonchev–Trinajstić information content (AvgIpc) is 3.13. The molecule has 3 rings (SSSR count). The molecule has 7 nitrogen and oxygen atoms in total. The van der Waals surface area contributed by atoms with E-state index in [4.69, 9.17) is 4.74 Å². The summed E-state index contributed by atoms with van der Waals surface area (Å²) in [5, 5.41) is 0.276. The Morgan fingerprint density at radius 1 is 1.12 bits per heavy atom. The number of esters is 1. The predicted octanol–water partition coefficient (Wildman–Crippen LogP) is 4.16. The van der Waals surface area contributed by atoms with Crippen LogP contribution in [0.5, 0.6) is 0 Å². The zero-order valence-corrected chi connectivity index (χ0v) is 20.0. The topological polar surface area (TPSA) is 93.6 Å². The van der Waals surface area contributed by atoms with Crippen molar-refractivity contribution in [3.63, 3.8) is 0 Å². The van der Waals surface area contributed by atoms with Crippen molar-refractivity contribution in [3.05, 3.63) is 81.6 Å². The van der Waals surface area contributed by atoms with E-state index in [1.807, 2.05) is 0 Å². The molecule has 0 radical (unpaired) electrons. The van der Waals surface area contributed by atoms with Crippen molar-refractivity contribution < 1.29 is 27.1 Å². The van der Waals surface area contributed by atoms with E-state index in [-0.39, 0.29) is 34.5 Å². The summed E-state index contributed by atoms with van der Waals surface area (Å²) in [7, 11) is -3.28. The van der Waals surface area contributed by atoms with Gasteiger partial charge in [-0.05, 0) is 49.2 Å². The molecule has 1 amide bonds. The summed E-state index contributed by atoms with van der Waals surface area (Å²) in [6.07, 6.45) is 1.12. The number of aryl methyl sites for hydroxylation is 1. The van der Waals surface area contributed by atoms with Crippen molar-refractivity contribution in [3.8, 4) is 0 Å². The summed E-state index contributed by atoms with van der Waals surface area (Å²) in [6.45, 7) is 3.63. The Labute approximate surface area is 195 Å². The lowest BCUT2D eigenvalue weighted by Gasteiger charge is -2.20. The molecule has 0 unspecified atom stereocenters. The number of rotatable bonds is 8. The maximum atomic E-state index is 13.5. The first-order chi connectivity index (χ1) is 15.6. The Morgan fingerprint density at radius 3 is 2.45 bits per heavy atom. The van der Waals surface area contributed by atoms with Crippen LogP contribution in [0.4, 0.5) is 9.52 Å². The standard InChI is InChI=1S/C23H23FN2O5S2/c1-4-31-22(28)20-15(2)25-23(32-20)26(13-16-8-10-19(24)11-9-16)21(27)18-7-5-6-17(12-18)14-33(3,29)30/h5-12H,4,13-14H2,1-3H3. The van der Waals surface area contributed by atoms with Crippen LogP contribution >= 0.6 is 11.3 Å². The third-order valence-electron chi connectivity index (χ3n) is 4.58. The van der Waals surface area contributed by atoms with Gasteiger partial charge in [0, 0.05) is 11.8 Å². The van der Waals surface area contributed by atoms with Crippen molar-refractivity contribution in [2.45, 2.75) is 26.1 Å². The van der Waals surface area contributed by atoms with E-state index in [0.29, 0.717) is 16.8 Å². The molecule has 0 saturated carbocycles. The molecule has 174 valence electrons. The fraction of sp³-hybridized carbons (Fsp3) is 0.261. The van der Waals surface area contributed by atoms with Crippen LogP contribution in [0.1, 0.15) is 43.8 Å². The SMILES string of the molecule is CCOC(=O)c1sc(N(Cc2ccc(F)cc2)C(=O)c2cccc(CS(C)(=O)=O)c2)nc1C. The minimum absolute atomic E-state index is 0.0740. The van der Waals surface area contributed by atoms with E-state index in [0.717, 1.165) is 17.6 Å². The molecule has 0 fully saturated rings. The summed E-state index contributed by atoms with van der Waals surface area (Å²) in [4.78, 5) is 31.8. The van der Waals surface area contributed by atoms with Crippen molar-refractivity contribution in [1.82, 2.24) is 4.98 Å². The lowest BCUT2D eigenvalue weighted by Crippen LogP contribution is -2.30. The van der Waals surface area contributed by atoms with Gasteiger partial charge in [0.1, 0.15) is 10.7 Å². The zero-order valence-electron chi connectivity index (χ0n) is 18.4. The van der Waals surface area contributed by atoms with Gasteiger partial charge in [-0.2, -0.15) is 0 Å². The number of carbonyl (C=O) groups excluding carboxylic acids is 2. The van der Waals surface area contributed by atoms with E-state index in [2.05, 4.69) is 4.98 Å². The van der Waals surface area contributed by atoms with E-state index in [9.17, 15) is 22.4 Å². The molecule has 0 atom stereocenters. The molecule has 0 aliphatic carbocycles. The molecule has 0 saturated heterocycles. The Hall–Kier alpha value is -3.11. The number of aromatic nitrogens is 1. The van der Waals surface area contributed by atoms with Crippen LogP contribution in [-0.2, 0) is 26.9 Å². The largest absolute Gasteiger partial charge is 0.462 e. The van der Waals surface area contributed by atoms with Gasteiger partial charge >= 0.3 is 5.97 Å². The van der Waals surface area contributed by atoms with Gasteiger partial charge in [0.25, 0.3) is 5.91 Å². The second-order valence-electron chi connectivity index (χ2n) is 7.42. The highest BCUT2D eigenvalue weighted by Crippen LogP contribution is 2.29.